The number of hydrogen-bond acceptors (Lipinski definition) is 6. The molecule has 0 amide bonds. The summed E-state index contributed by atoms with van der Waals surface area (Å²) in [6.45, 7) is 4.40. The third kappa shape index (κ3) is 3.85. The molecule has 0 saturated heterocycles. The molecular weight excluding hydrogens is 218 g/mol. The maximum Gasteiger partial charge on any atom is 0.228 e. The Morgan fingerprint density at radius 1 is 1.40 bits per heavy atom. The Hall–Kier alpha value is -1.14. The fourth-order valence-electron chi connectivity index (χ4n) is 0.819. The van der Waals surface area contributed by atoms with Crippen LogP contribution in [-0.4, -0.2) is 33.2 Å². The molecule has 0 unspecified atom stereocenters. The van der Waals surface area contributed by atoms with Gasteiger partial charge in [0.1, 0.15) is 0 Å². The Morgan fingerprint density at radius 3 is 2.60 bits per heavy atom. The van der Waals surface area contributed by atoms with Gasteiger partial charge in [-0.15, -0.1) is 0 Å². The minimum atomic E-state index is -0.256. The normalized spacial score (nSPS) is 11.5. The van der Waals surface area contributed by atoms with Crippen molar-refractivity contribution in [3.8, 4) is 0 Å². The van der Waals surface area contributed by atoms with Crippen molar-refractivity contribution in [1.82, 2.24) is 15.0 Å². The molecule has 84 valence electrons. The first kappa shape index (κ1) is 11.9. The van der Waals surface area contributed by atoms with Crippen LogP contribution in [0.3, 0.4) is 0 Å². The predicted octanol–water partition coefficient (Wildman–Crippen LogP) is 0.538. The van der Waals surface area contributed by atoms with Gasteiger partial charge in [-0.25, -0.2) is 0 Å². The van der Waals surface area contributed by atoms with Crippen molar-refractivity contribution in [2.45, 2.75) is 13.8 Å². The Bertz CT molecular complexity index is 324. The molecule has 7 heteroatoms. The molecule has 0 aliphatic heterocycles. The lowest BCUT2D eigenvalue weighted by Gasteiger charge is -2.21. The predicted molar refractivity (Wildman–Crippen MR) is 58.6 cm³/mol. The maximum absolute atomic E-state index is 9.04. The average Bonchev–Trinajstić information content (AvgIpc) is 2.14. The largest absolute Gasteiger partial charge is 0.396 e. The number of aliphatic hydroxyl groups excluding tert-OH is 1. The van der Waals surface area contributed by atoms with Crippen LogP contribution in [0.5, 0.6) is 0 Å². The van der Waals surface area contributed by atoms with Crippen molar-refractivity contribution < 1.29 is 5.11 Å². The van der Waals surface area contributed by atoms with Crippen molar-refractivity contribution in [3.63, 3.8) is 0 Å². The molecule has 4 N–H and O–H groups in total. The van der Waals surface area contributed by atoms with E-state index in [9.17, 15) is 0 Å². The average molecular weight is 232 g/mol. The van der Waals surface area contributed by atoms with Gasteiger partial charge < -0.3 is 16.2 Å². The lowest BCUT2D eigenvalue weighted by Crippen LogP contribution is -2.27. The molecule has 15 heavy (non-hydrogen) atoms. The molecule has 0 aliphatic rings. The van der Waals surface area contributed by atoms with Gasteiger partial charge in [0, 0.05) is 18.6 Å². The van der Waals surface area contributed by atoms with Gasteiger partial charge in [-0.3, -0.25) is 0 Å². The fraction of sp³-hybridized carbons (Fsp3) is 0.625. The topological polar surface area (TPSA) is 97.0 Å². The highest BCUT2D eigenvalue weighted by Gasteiger charge is 2.16. The molecule has 1 rings (SSSR count). The van der Waals surface area contributed by atoms with Gasteiger partial charge >= 0.3 is 0 Å². The van der Waals surface area contributed by atoms with Gasteiger partial charge in [0.2, 0.25) is 17.2 Å². The van der Waals surface area contributed by atoms with Crippen LogP contribution in [0.2, 0.25) is 5.28 Å². The summed E-state index contributed by atoms with van der Waals surface area (Å²) < 4.78 is 0. The van der Waals surface area contributed by atoms with Gasteiger partial charge in [0.15, 0.2) is 0 Å². The van der Waals surface area contributed by atoms with Gasteiger partial charge in [0.05, 0.1) is 0 Å². The summed E-state index contributed by atoms with van der Waals surface area (Å²) in [4.78, 5) is 11.3. The third-order valence-electron chi connectivity index (χ3n) is 1.78. The summed E-state index contributed by atoms with van der Waals surface area (Å²) >= 11 is 5.60. The Labute approximate surface area is 92.9 Å². The molecule has 6 nitrogen and oxygen atoms in total. The zero-order valence-electron chi connectivity index (χ0n) is 8.66. The fourth-order valence-corrected chi connectivity index (χ4v) is 0.985. The lowest BCUT2D eigenvalue weighted by molar-refractivity contribution is 0.170. The zero-order chi connectivity index (χ0) is 11.5. The number of hydrogen-bond donors (Lipinski definition) is 3. The molecule has 0 radical (unpaired) electrons. The smallest absolute Gasteiger partial charge is 0.228 e. The zero-order valence-corrected chi connectivity index (χ0v) is 9.41. The van der Waals surface area contributed by atoms with E-state index >= 15 is 0 Å². The minimum absolute atomic E-state index is 0.0480. The highest BCUT2D eigenvalue weighted by molar-refractivity contribution is 6.28. The number of rotatable bonds is 4. The van der Waals surface area contributed by atoms with Crippen LogP contribution >= 0.6 is 11.6 Å². The summed E-state index contributed by atoms with van der Waals surface area (Å²) in [6.07, 6.45) is 0. The number of nitrogens with zero attached hydrogens (tertiary/aromatic N) is 3. The molecule has 1 heterocycles. The number of halogens is 1. The first-order valence-electron chi connectivity index (χ1n) is 4.45. The third-order valence-corrected chi connectivity index (χ3v) is 1.95. The first-order chi connectivity index (χ1) is 6.93. The number of nitrogen functional groups attached to an aromatic ring is 1. The van der Waals surface area contributed by atoms with Crippen molar-refractivity contribution >= 4 is 23.5 Å². The second kappa shape index (κ2) is 4.59. The van der Waals surface area contributed by atoms with E-state index in [1.54, 1.807) is 0 Å². The van der Waals surface area contributed by atoms with Crippen LogP contribution in [0.4, 0.5) is 11.9 Å². The Balaban J connectivity index is 2.65. The lowest BCUT2D eigenvalue weighted by atomic mass is 9.95. The quantitative estimate of drug-likeness (QED) is 0.700. The van der Waals surface area contributed by atoms with E-state index in [1.165, 1.54) is 0 Å². The van der Waals surface area contributed by atoms with Crippen molar-refractivity contribution in [2.75, 3.05) is 24.2 Å². The molecule has 0 bridgehead atoms. The number of anilines is 2. The summed E-state index contributed by atoms with van der Waals surface area (Å²) in [6, 6.07) is 0. The van der Waals surface area contributed by atoms with Crippen LogP contribution in [0, 0.1) is 5.41 Å². The van der Waals surface area contributed by atoms with E-state index in [2.05, 4.69) is 20.3 Å². The second-order valence-corrected chi connectivity index (χ2v) is 4.30. The molecule has 0 atom stereocenters. The van der Waals surface area contributed by atoms with Crippen LogP contribution in [-0.2, 0) is 0 Å². The molecule has 0 aliphatic carbocycles. The molecule has 0 aromatic carbocycles. The standard InChI is InChI=1S/C8H14ClN5O/c1-8(2,4-15)3-11-7-13-5(9)12-6(10)14-7/h15H,3-4H2,1-2H3,(H3,10,11,12,13,14). The van der Waals surface area contributed by atoms with Crippen LogP contribution < -0.4 is 11.1 Å². The molecule has 0 spiro atoms. The van der Waals surface area contributed by atoms with Gasteiger partial charge in [-0.05, 0) is 11.6 Å². The van der Waals surface area contributed by atoms with Crippen molar-refractivity contribution in [1.29, 1.82) is 0 Å². The van der Waals surface area contributed by atoms with Crippen molar-refractivity contribution in [2.24, 2.45) is 5.41 Å². The van der Waals surface area contributed by atoms with Gasteiger partial charge in [-0.2, -0.15) is 15.0 Å². The Kier molecular flexibility index (Phi) is 3.65. The number of aromatic nitrogens is 3. The van der Waals surface area contributed by atoms with Gasteiger partial charge in [0.25, 0.3) is 0 Å². The molecular formula is C8H14ClN5O. The van der Waals surface area contributed by atoms with E-state index < -0.39 is 0 Å². The van der Waals surface area contributed by atoms with Crippen molar-refractivity contribution in [3.05, 3.63) is 5.28 Å². The maximum atomic E-state index is 9.04. The second-order valence-electron chi connectivity index (χ2n) is 3.96. The van der Waals surface area contributed by atoms with Crippen LogP contribution in [0.15, 0.2) is 0 Å². The van der Waals surface area contributed by atoms with E-state index in [4.69, 9.17) is 22.4 Å². The van der Waals surface area contributed by atoms with Crippen LogP contribution in [0.1, 0.15) is 13.8 Å². The number of nitrogens with two attached hydrogens (primary N) is 1. The number of nitrogens with one attached hydrogen (secondary N) is 1. The molecule has 0 saturated carbocycles. The van der Waals surface area contributed by atoms with E-state index in [-0.39, 0.29) is 23.3 Å². The highest BCUT2D eigenvalue weighted by atomic mass is 35.5. The Morgan fingerprint density at radius 2 is 2.07 bits per heavy atom. The summed E-state index contributed by atoms with van der Waals surface area (Å²) in [5, 5.41) is 12.0. The molecule has 1 aromatic heterocycles. The monoisotopic (exact) mass is 231 g/mol. The minimum Gasteiger partial charge on any atom is -0.396 e. The van der Waals surface area contributed by atoms with E-state index in [1.807, 2.05) is 13.8 Å². The highest BCUT2D eigenvalue weighted by Crippen LogP contribution is 2.14. The van der Waals surface area contributed by atoms with E-state index in [0.717, 1.165) is 0 Å². The summed E-state index contributed by atoms with van der Waals surface area (Å²) in [5.74, 6) is 0.383. The summed E-state index contributed by atoms with van der Waals surface area (Å²) in [7, 11) is 0. The SMILES string of the molecule is CC(C)(CO)CNc1nc(N)nc(Cl)n1. The first-order valence-corrected chi connectivity index (χ1v) is 4.82. The number of aliphatic hydroxyl groups is 1. The van der Waals surface area contributed by atoms with Crippen LogP contribution in [0.25, 0.3) is 0 Å². The van der Waals surface area contributed by atoms with Gasteiger partial charge in [-0.1, -0.05) is 13.8 Å². The van der Waals surface area contributed by atoms with E-state index in [0.29, 0.717) is 12.5 Å². The molecule has 0 fully saturated rings. The summed E-state index contributed by atoms with van der Waals surface area (Å²) in [5.41, 5.74) is 5.14. The molecule has 1 aromatic rings.